The van der Waals surface area contributed by atoms with Gasteiger partial charge in [0.05, 0.1) is 16.1 Å². The number of nitrogens with zero attached hydrogens (tertiary/aromatic N) is 1. The fourth-order valence-corrected chi connectivity index (χ4v) is 4.52. The highest BCUT2D eigenvalue weighted by atomic mass is 32.1. The Morgan fingerprint density at radius 3 is 2.74 bits per heavy atom. The molecule has 1 aliphatic rings. The molecule has 2 aromatic heterocycles. The molecule has 6 nitrogen and oxygen atoms in total. The molecule has 0 saturated carbocycles. The lowest BCUT2D eigenvalue weighted by molar-refractivity contribution is -0.112. The Bertz CT molecular complexity index is 1110. The average molecular weight is 381 g/mol. The minimum absolute atomic E-state index is 0.0399. The van der Waals surface area contributed by atoms with Crippen LogP contribution in [0.4, 0.5) is 5.13 Å². The molecule has 138 valence electrons. The third-order valence-electron chi connectivity index (χ3n) is 4.78. The van der Waals surface area contributed by atoms with Crippen LogP contribution >= 0.6 is 11.3 Å². The van der Waals surface area contributed by atoms with Gasteiger partial charge in [-0.1, -0.05) is 43.4 Å². The number of hydrogen-bond donors (Lipinski definition) is 2. The maximum atomic E-state index is 12.7. The lowest BCUT2D eigenvalue weighted by Gasteiger charge is -2.26. The maximum Gasteiger partial charge on any atom is 0.298 e. The molecular formula is C20H19N3O3S. The largest absolute Gasteiger partial charge is 0.358 e. The van der Waals surface area contributed by atoms with Crippen molar-refractivity contribution in [3.63, 3.8) is 0 Å². The van der Waals surface area contributed by atoms with Crippen LogP contribution in [0, 0.1) is 12.3 Å². The highest BCUT2D eigenvalue weighted by Gasteiger charge is 2.34. The summed E-state index contributed by atoms with van der Waals surface area (Å²) in [6.45, 7) is 5.81. The predicted molar refractivity (Wildman–Crippen MR) is 105 cm³/mol. The number of thiazole rings is 1. The van der Waals surface area contributed by atoms with Crippen molar-refractivity contribution in [2.45, 2.75) is 33.6 Å². The first-order valence-corrected chi connectivity index (χ1v) is 9.53. The first-order valence-electron chi connectivity index (χ1n) is 8.71. The number of fused-ring (bicyclic) bond motifs is 2. The summed E-state index contributed by atoms with van der Waals surface area (Å²) in [5.74, 6) is -1.33. The van der Waals surface area contributed by atoms with Gasteiger partial charge in [-0.3, -0.25) is 19.7 Å². The second kappa shape index (κ2) is 6.13. The van der Waals surface area contributed by atoms with E-state index in [-0.39, 0.29) is 11.2 Å². The van der Waals surface area contributed by atoms with Crippen LogP contribution in [0.25, 0.3) is 10.9 Å². The lowest BCUT2D eigenvalue weighted by Crippen LogP contribution is -2.26. The van der Waals surface area contributed by atoms with E-state index in [2.05, 4.69) is 15.3 Å². The van der Waals surface area contributed by atoms with E-state index in [0.717, 1.165) is 16.9 Å². The number of rotatable bonds is 3. The second-order valence-electron chi connectivity index (χ2n) is 7.69. The highest BCUT2D eigenvalue weighted by Crippen LogP contribution is 2.38. The quantitative estimate of drug-likeness (QED) is 0.531. The number of carbonyl (C=O) groups excluding carboxylic acids is 3. The number of aryl methyl sites for hydroxylation is 1. The maximum absolute atomic E-state index is 12.7. The Morgan fingerprint density at radius 1 is 1.22 bits per heavy atom. The van der Waals surface area contributed by atoms with E-state index in [1.165, 1.54) is 0 Å². The molecule has 27 heavy (non-hydrogen) atoms. The molecule has 0 fully saturated rings. The molecule has 0 unspecified atom stereocenters. The molecule has 2 heterocycles. The van der Waals surface area contributed by atoms with Crippen molar-refractivity contribution in [3.05, 3.63) is 46.1 Å². The number of para-hydroxylation sites is 1. The Kier molecular flexibility index (Phi) is 3.99. The zero-order valence-corrected chi connectivity index (χ0v) is 16.1. The topological polar surface area (TPSA) is 91.9 Å². The van der Waals surface area contributed by atoms with Gasteiger partial charge in [-0.25, -0.2) is 4.98 Å². The average Bonchev–Trinajstić information content (AvgIpc) is 3.12. The molecule has 1 amide bonds. The standard InChI is InChI=1S/C20H19N3O3S/c1-10-15(11-6-4-5-7-12(11)21-10)16(25)18(26)23-19-22-13-8-20(2,3)9-14(24)17(13)27-19/h4-7,21H,8-9H2,1-3H3,(H,22,23,26). The Morgan fingerprint density at radius 2 is 1.96 bits per heavy atom. The summed E-state index contributed by atoms with van der Waals surface area (Å²) in [5, 5.41) is 3.59. The number of Topliss-reactive ketones (excluding diaryl/α,β-unsaturated/α-hetero) is 2. The van der Waals surface area contributed by atoms with Crippen LogP contribution in [-0.4, -0.2) is 27.4 Å². The number of H-pyrrole nitrogens is 1. The van der Waals surface area contributed by atoms with Gasteiger partial charge in [0, 0.05) is 23.0 Å². The summed E-state index contributed by atoms with van der Waals surface area (Å²) in [6, 6.07) is 7.36. The zero-order valence-electron chi connectivity index (χ0n) is 15.3. The van der Waals surface area contributed by atoms with Crippen LogP contribution in [0.3, 0.4) is 0 Å². The van der Waals surface area contributed by atoms with Crippen LogP contribution in [0.1, 0.15) is 51.7 Å². The van der Waals surface area contributed by atoms with E-state index in [1.807, 2.05) is 38.1 Å². The molecule has 1 aromatic carbocycles. The second-order valence-corrected chi connectivity index (χ2v) is 8.69. The van der Waals surface area contributed by atoms with Gasteiger partial charge in [-0.15, -0.1) is 0 Å². The van der Waals surface area contributed by atoms with E-state index in [0.29, 0.717) is 45.2 Å². The molecule has 0 radical (unpaired) electrons. The highest BCUT2D eigenvalue weighted by molar-refractivity contribution is 7.18. The smallest absolute Gasteiger partial charge is 0.298 e. The molecule has 7 heteroatoms. The van der Waals surface area contributed by atoms with Gasteiger partial charge in [0.1, 0.15) is 0 Å². The van der Waals surface area contributed by atoms with Gasteiger partial charge in [-0.2, -0.15) is 0 Å². The number of carbonyl (C=O) groups is 3. The fourth-order valence-electron chi connectivity index (χ4n) is 3.61. The van der Waals surface area contributed by atoms with Crippen LogP contribution in [0.15, 0.2) is 24.3 Å². The van der Waals surface area contributed by atoms with Gasteiger partial charge in [0.15, 0.2) is 10.9 Å². The third-order valence-corrected chi connectivity index (χ3v) is 5.84. The number of amides is 1. The Balaban J connectivity index is 1.61. The summed E-state index contributed by atoms with van der Waals surface area (Å²) < 4.78 is 0. The van der Waals surface area contributed by atoms with Crippen molar-refractivity contribution in [1.29, 1.82) is 0 Å². The minimum atomic E-state index is -0.749. The van der Waals surface area contributed by atoms with E-state index in [9.17, 15) is 14.4 Å². The monoisotopic (exact) mass is 381 g/mol. The van der Waals surface area contributed by atoms with Crippen molar-refractivity contribution >= 4 is 44.8 Å². The van der Waals surface area contributed by atoms with Gasteiger partial charge in [0.2, 0.25) is 0 Å². The van der Waals surface area contributed by atoms with E-state index in [4.69, 9.17) is 0 Å². The lowest BCUT2D eigenvalue weighted by atomic mass is 9.78. The first-order chi connectivity index (χ1) is 12.7. The number of aromatic amines is 1. The third kappa shape index (κ3) is 3.08. The molecule has 3 aromatic rings. The number of aromatic nitrogens is 2. The normalized spacial score (nSPS) is 15.6. The van der Waals surface area contributed by atoms with Crippen LogP contribution in [0.2, 0.25) is 0 Å². The van der Waals surface area contributed by atoms with Crippen molar-refractivity contribution < 1.29 is 14.4 Å². The van der Waals surface area contributed by atoms with E-state index in [1.54, 1.807) is 6.92 Å². The van der Waals surface area contributed by atoms with E-state index < -0.39 is 11.7 Å². The first kappa shape index (κ1) is 17.6. The SMILES string of the molecule is Cc1[nH]c2ccccc2c1C(=O)C(=O)Nc1nc2c(s1)C(=O)CC(C)(C)C2. The number of hydrogen-bond acceptors (Lipinski definition) is 5. The molecule has 2 N–H and O–H groups in total. The van der Waals surface area contributed by atoms with Gasteiger partial charge >= 0.3 is 0 Å². The van der Waals surface area contributed by atoms with Crippen molar-refractivity contribution in [3.8, 4) is 0 Å². The molecule has 0 bridgehead atoms. The molecule has 0 atom stereocenters. The molecule has 0 aliphatic heterocycles. The van der Waals surface area contributed by atoms with Gasteiger partial charge in [-0.05, 0) is 24.8 Å². The summed E-state index contributed by atoms with van der Waals surface area (Å²) in [6.07, 6.45) is 1.14. The Hall–Kier alpha value is -2.80. The number of ketones is 2. The summed E-state index contributed by atoms with van der Waals surface area (Å²) in [7, 11) is 0. The minimum Gasteiger partial charge on any atom is -0.358 e. The fraction of sp³-hybridized carbons (Fsp3) is 0.300. The number of nitrogens with one attached hydrogen (secondary N) is 2. The molecule has 1 aliphatic carbocycles. The summed E-state index contributed by atoms with van der Waals surface area (Å²) >= 11 is 1.14. The van der Waals surface area contributed by atoms with Crippen LogP contribution in [-0.2, 0) is 11.2 Å². The Labute approximate surface area is 160 Å². The van der Waals surface area contributed by atoms with Gasteiger partial charge < -0.3 is 4.98 Å². The van der Waals surface area contributed by atoms with Gasteiger partial charge in [0.25, 0.3) is 11.7 Å². The molecule has 0 saturated heterocycles. The molecule has 0 spiro atoms. The predicted octanol–water partition coefficient (Wildman–Crippen LogP) is 3.91. The molecular weight excluding hydrogens is 362 g/mol. The summed E-state index contributed by atoms with van der Waals surface area (Å²) in [5.41, 5.74) is 2.38. The van der Waals surface area contributed by atoms with Crippen molar-refractivity contribution in [2.75, 3.05) is 5.32 Å². The number of anilines is 1. The zero-order chi connectivity index (χ0) is 19.3. The van der Waals surface area contributed by atoms with Crippen molar-refractivity contribution in [2.24, 2.45) is 5.41 Å². The number of benzene rings is 1. The molecule has 4 rings (SSSR count). The van der Waals surface area contributed by atoms with Crippen molar-refractivity contribution in [1.82, 2.24) is 9.97 Å². The van der Waals surface area contributed by atoms with Crippen LogP contribution < -0.4 is 5.32 Å². The van der Waals surface area contributed by atoms with E-state index >= 15 is 0 Å². The van der Waals surface area contributed by atoms with Crippen LogP contribution in [0.5, 0.6) is 0 Å². The summed E-state index contributed by atoms with van der Waals surface area (Å²) in [4.78, 5) is 45.7.